The molecule has 1 fully saturated rings. The molecule has 0 spiro atoms. The number of ether oxygens (including phenoxy) is 1. The number of carbonyl (C=O) groups is 1. The monoisotopic (exact) mass is 395 g/mol. The Morgan fingerprint density at radius 3 is 2.82 bits per heavy atom. The van der Waals surface area contributed by atoms with Gasteiger partial charge in [0.05, 0.1) is 12.3 Å². The van der Waals surface area contributed by atoms with Crippen LogP contribution in [0.15, 0.2) is 66.9 Å². The lowest BCUT2D eigenvalue weighted by molar-refractivity contribution is 0.0627. The van der Waals surface area contributed by atoms with Gasteiger partial charge in [0, 0.05) is 30.2 Å². The van der Waals surface area contributed by atoms with Gasteiger partial charge in [0.2, 0.25) is 0 Å². The number of nitrogens with zero attached hydrogens (tertiary/aromatic N) is 3. The van der Waals surface area contributed by atoms with Crippen molar-refractivity contribution in [3.05, 3.63) is 77.6 Å². The predicted molar refractivity (Wildman–Crippen MR) is 109 cm³/mol. The van der Waals surface area contributed by atoms with E-state index in [1.165, 1.54) is 0 Å². The molecule has 2 aromatic carbocycles. The summed E-state index contributed by atoms with van der Waals surface area (Å²) < 4.78 is 7.56. The molecule has 0 N–H and O–H groups in total. The Hall–Kier alpha value is -2.79. The molecule has 0 radical (unpaired) electrons. The molecule has 1 aliphatic heterocycles. The molecule has 1 atom stereocenters. The van der Waals surface area contributed by atoms with Gasteiger partial charge < -0.3 is 9.64 Å². The summed E-state index contributed by atoms with van der Waals surface area (Å²) in [6.45, 7) is 2.06. The zero-order chi connectivity index (χ0) is 19.3. The zero-order valence-corrected chi connectivity index (χ0v) is 16.3. The second-order valence-corrected chi connectivity index (χ2v) is 7.45. The third-order valence-electron chi connectivity index (χ3n) is 4.92. The smallest absolute Gasteiger partial charge is 0.274 e. The average molecular weight is 396 g/mol. The van der Waals surface area contributed by atoms with Crippen LogP contribution in [-0.2, 0) is 0 Å². The molecule has 1 unspecified atom stereocenters. The van der Waals surface area contributed by atoms with E-state index in [4.69, 9.17) is 16.3 Å². The first-order valence-corrected chi connectivity index (χ1v) is 9.85. The topological polar surface area (TPSA) is 47.4 Å². The van der Waals surface area contributed by atoms with E-state index in [9.17, 15) is 4.79 Å². The van der Waals surface area contributed by atoms with Crippen LogP contribution in [0.1, 0.15) is 23.3 Å². The number of benzene rings is 2. The van der Waals surface area contributed by atoms with Gasteiger partial charge in [-0.1, -0.05) is 35.9 Å². The van der Waals surface area contributed by atoms with E-state index in [-0.39, 0.29) is 5.91 Å². The highest BCUT2D eigenvalue weighted by molar-refractivity contribution is 6.30. The van der Waals surface area contributed by atoms with E-state index < -0.39 is 0 Å². The summed E-state index contributed by atoms with van der Waals surface area (Å²) in [6.07, 6.45) is 3.83. The number of hydrogen-bond donors (Lipinski definition) is 0. The van der Waals surface area contributed by atoms with Gasteiger partial charge in [-0.3, -0.25) is 4.79 Å². The van der Waals surface area contributed by atoms with E-state index >= 15 is 0 Å². The van der Waals surface area contributed by atoms with Crippen molar-refractivity contribution in [3.63, 3.8) is 0 Å². The third kappa shape index (κ3) is 4.37. The van der Waals surface area contributed by atoms with Gasteiger partial charge >= 0.3 is 0 Å². The lowest BCUT2D eigenvalue weighted by Gasteiger charge is -2.32. The molecule has 0 saturated carbocycles. The third-order valence-corrected chi connectivity index (χ3v) is 5.15. The second-order valence-electron chi connectivity index (χ2n) is 7.01. The molecule has 1 aromatic heterocycles. The van der Waals surface area contributed by atoms with E-state index in [1.54, 1.807) is 16.9 Å². The molecular weight excluding hydrogens is 374 g/mol. The number of rotatable bonds is 5. The highest BCUT2D eigenvalue weighted by atomic mass is 35.5. The van der Waals surface area contributed by atoms with Gasteiger partial charge in [0.15, 0.2) is 5.69 Å². The first-order valence-electron chi connectivity index (χ1n) is 9.48. The fourth-order valence-electron chi connectivity index (χ4n) is 3.48. The molecule has 1 aliphatic rings. The highest BCUT2D eigenvalue weighted by Crippen LogP contribution is 2.21. The number of hydrogen-bond acceptors (Lipinski definition) is 3. The highest BCUT2D eigenvalue weighted by Gasteiger charge is 2.26. The fraction of sp³-hybridized carbons (Fsp3) is 0.273. The molecule has 28 heavy (non-hydrogen) atoms. The maximum atomic E-state index is 12.9. The Balaban J connectivity index is 1.39. The van der Waals surface area contributed by atoms with Crippen LogP contribution in [0, 0.1) is 5.92 Å². The van der Waals surface area contributed by atoms with Crippen LogP contribution in [0.2, 0.25) is 5.02 Å². The molecule has 144 valence electrons. The lowest BCUT2D eigenvalue weighted by Crippen LogP contribution is -2.41. The van der Waals surface area contributed by atoms with Crippen LogP contribution < -0.4 is 4.74 Å². The summed E-state index contributed by atoms with van der Waals surface area (Å²) in [5.41, 5.74) is 1.28. The van der Waals surface area contributed by atoms with Crippen molar-refractivity contribution in [2.24, 2.45) is 5.92 Å². The van der Waals surface area contributed by atoms with Gasteiger partial charge in [-0.05, 0) is 49.2 Å². The van der Waals surface area contributed by atoms with Crippen LogP contribution in [-0.4, -0.2) is 40.3 Å². The average Bonchev–Trinajstić information content (AvgIpc) is 3.23. The molecular formula is C22H22ClN3O2. The summed E-state index contributed by atoms with van der Waals surface area (Å²) in [4.78, 5) is 14.8. The van der Waals surface area contributed by atoms with Crippen LogP contribution in [0.3, 0.4) is 0 Å². The Morgan fingerprint density at radius 1 is 1.14 bits per heavy atom. The van der Waals surface area contributed by atoms with Gasteiger partial charge in [-0.25, -0.2) is 4.68 Å². The Bertz CT molecular complexity index is 942. The lowest BCUT2D eigenvalue weighted by atomic mass is 9.98. The van der Waals surface area contributed by atoms with Gasteiger partial charge in [-0.2, -0.15) is 5.10 Å². The Labute approximate surface area is 169 Å². The van der Waals surface area contributed by atoms with E-state index in [0.717, 1.165) is 30.8 Å². The molecule has 1 saturated heterocycles. The van der Waals surface area contributed by atoms with Crippen LogP contribution in [0.25, 0.3) is 5.69 Å². The van der Waals surface area contributed by atoms with Crippen molar-refractivity contribution in [1.29, 1.82) is 0 Å². The van der Waals surface area contributed by atoms with Gasteiger partial charge in [0.1, 0.15) is 5.75 Å². The van der Waals surface area contributed by atoms with Crippen molar-refractivity contribution >= 4 is 17.5 Å². The maximum absolute atomic E-state index is 12.9. The number of para-hydroxylation sites is 1. The van der Waals surface area contributed by atoms with Crippen molar-refractivity contribution < 1.29 is 9.53 Å². The summed E-state index contributed by atoms with van der Waals surface area (Å²) in [5, 5.41) is 5.09. The van der Waals surface area contributed by atoms with Crippen molar-refractivity contribution in [2.45, 2.75) is 12.8 Å². The zero-order valence-electron chi connectivity index (χ0n) is 15.5. The molecule has 5 nitrogen and oxygen atoms in total. The van der Waals surface area contributed by atoms with Crippen LogP contribution in [0.5, 0.6) is 5.75 Å². The molecule has 3 aromatic rings. The first-order chi connectivity index (χ1) is 13.7. The minimum absolute atomic E-state index is 0.0369. The van der Waals surface area contributed by atoms with Crippen LogP contribution in [0.4, 0.5) is 0 Å². The van der Waals surface area contributed by atoms with Crippen molar-refractivity contribution in [1.82, 2.24) is 14.7 Å². The Kier molecular flexibility index (Phi) is 5.63. The fourth-order valence-corrected chi connectivity index (χ4v) is 3.66. The standard InChI is InChI=1S/C22H22ClN3O2/c23-18-7-4-8-19(14-18)26-13-11-21(24-26)22(27)25-12-5-6-17(15-25)16-28-20-9-2-1-3-10-20/h1-4,7-11,13-14,17H,5-6,12,15-16H2. The summed E-state index contributed by atoms with van der Waals surface area (Å²) in [5.74, 6) is 1.16. The number of halogens is 1. The summed E-state index contributed by atoms with van der Waals surface area (Å²) >= 11 is 6.05. The minimum Gasteiger partial charge on any atom is -0.493 e. The van der Waals surface area contributed by atoms with E-state index in [2.05, 4.69) is 5.10 Å². The van der Waals surface area contributed by atoms with E-state index in [0.29, 0.717) is 29.8 Å². The maximum Gasteiger partial charge on any atom is 0.274 e. The molecule has 1 amide bonds. The van der Waals surface area contributed by atoms with Gasteiger partial charge in [-0.15, -0.1) is 0 Å². The first kappa shape index (κ1) is 18.6. The Morgan fingerprint density at radius 2 is 2.00 bits per heavy atom. The van der Waals surface area contributed by atoms with Gasteiger partial charge in [0.25, 0.3) is 5.91 Å². The number of carbonyl (C=O) groups excluding carboxylic acids is 1. The molecule has 2 heterocycles. The van der Waals surface area contributed by atoms with E-state index in [1.807, 2.05) is 59.5 Å². The summed E-state index contributed by atoms with van der Waals surface area (Å²) in [7, 11) is 0. The summed E-state index contributed by atoms with van der Waals surface area (Å²) in [6, 6.07) is 19.0. The SMILES string of the molecule is O=C(c1ccn(-c2cccc(Cl)c2)n1)N1CCCC(COc2ccccc2)C1. The number of aromatic nitrogens is 2. The molecule has 6 heteroatoms. The van der Waals surface area contributed by atoms with Crippen LogP contribution >= 0.6 is 11.6 Å². The number of amides is 1. The van der Waals surface area contributed by atoms with Crippen molar-refractivity contribution in [3.8, 4) is 11.4 Å². The molecule has 0 bridgehead atoms. The van der Waals surface area contributed by atoms with Crippen molar-refractivity contribution in [2.75, 3.05) is 19.7 Å². The normalized spacial score (nSPS) is 16.8. The number of likely N-dealkylation sites (tertiary alicyclic amines) is 1. The molecule has 0 aliphatic carbocycles. The quantitative estimate of drug-likeness (QED) is 0.641. The second kappa shape index (κ2) is 8.48. The predicted octanol–water partition coefficient (Wildman–Crippen LogP) is 4.46. The number of piperidine rings is 1. The molecule has 4 rings (SSSR count). The minimum atomic E-state index is -0.0369. The largest absolute Gasteiger partial charge is 0.493 e.